The van der Waals surface area contributed by atoms with Crippen molar-refractivity contribution in [3.8, 4) is 0 Å². The minimum atomic E-state index is -4.47. The third-order valence-corrected chi connectivity index (χ3v) is 2.67. The monoisotopic (exact) mass is 295 g/mol. The molecule has 1 N–H and O–H groups in total. The maximum Gasteiger partial charge on any atom is 0.416 e. The van der Waals surface area contributed by atoms with Crippen LogP contribution in [0.2, 0.25) is 0 Å². The summed E-state index contributed by atoms with van der Waals surface area (Å²) in [7, 11) is 0. The summed E-state index contributed by atoms with van der Waals surface area (Å²) < 4.78 is 37.2. The lowest BCUT2D eigenvalue weighted by atomic mass is 10.1. The smallest absolute Gasteiger partial charge is 0.361 e. The summed E-state index contributed by atoms with van der Waals surface area (Å²) in [6.45, 7) is 1.52. The van der Waals surface area contributed by atoms with E-state index in [4.69, 9.17) is 5.53 Å². The van der Waals surface area contributed by atoms with Crippen molar-refractivity contribution in [2.24, 2.45) is 10.2 Å². The van der Waals surface area contributed by atoms with Crippen LogP contribution < -0.4 is 5.32 Å². The first-order valence-corrected chi connectivity index (χ1v) is 5.66. The van der Waals surface area contributed by atoms with Crippen LogP contribution in [0.5, 0.6) is 0 Å². The van der Waals surface area contributed by atoms with Crippen molar-refractivity contribution >= 4 is 23.2 Å². The topological polar surface area (TPSA) is 90.2 Å². The predicted molar refractivity (Wildman–Crippen MR) is 68.1 cm³/mol. The average Bonchev–Trinajstić information content (AvgIpc) is 2.78. The van der Waals surface area contributed by atoms with Crippen LogP contribution in [0.25, 0.3) is 5.53 Å². The highest BCUT2D eigenvalue weighted by Crippen LogP contribution is 2.29. The normalized spacial score (nSPS) is 14.4. The molecule has 1 aliphatic heterocycles. The van der Waals surface area contributed by atoms with Gasteiger partial charge in [0.1, 0.15) is 0 Å². The number of alkyl halides is 3. The van der Waals surface area contributed by atoms with Crippen LogP contribution in [0.3, 0.4) is 0 Å². The fourth-order valence-corrected chi connectivity index (χ4v) is 1.59. The van der Waals surface area contributed by atoms with E-state index in [-0.39, 0.29) is 17.1 Å². The van der Waals surface area contributed by atoms with E-state index in [1.165, 1.54) is 6.92 Å². The number of halogens is 3. The molecule has 0 bridgehead atoms. The van der Waals surface area contributed by atoms with E-state index in [2.05, 4.69) is 20.3 Å². The molecular formula is C12H8F3N5O. The lowest BCUT2D eigenvalue weighted by molar-refractivity contribution is -0.137. The highest BCUT2D eigenvalue weighted by molar-refractivity contribution is 6.68. The fourth-order valence-electron chi connectivity index (χ4n) is 1.59. The molecule has 6 nitrogen and oxygen atoms in total. The standard InChI is InChI=1S/C12H8F3N5O/c1-6-9(18-16)10(20-19-6)17-11(21)7-2-4-8(5-3-7)12(13,14)15/h2-5H,1H3,(H,17,20,21). The van der Waals surface area contributed by atoms with Gasteiger partial charge in [-0.3, -0.25) is 10.1 Å². The molecule has 0 spiro atoms. The summed E-state index contributed by atoms with van der Waals surface area (Å²) in [6.07, 6.45) is -4.47. The minimum Gasteiger partial charge on any atom is -0.361 e. The largest absolute Gasteiger partial charge is 0.416 e. The van der Waals surface area contributed by atoms with Gasteiger partial charge in [0, 0.05) is 5.56 Å². The molecule has 0 saturated heterocycles. The van der Waals surface area contributed by atoms with E-state index < -0.39 is 17.6 Å². The molecule has 0 radical (unpaired) electrons. The molecule has 1 heterocycles. The molecular weight excluding hydrogens is 287 g/mol. The molecule has 0 atom stereocenters. The van der Waals surface area contributed by atoms with E-state index in [9.17, 15) is 18.0 Å². The van der Waals surface area contributed by atoms with Crippen molar-refractivity contribution in [2.75, 3.05) is 0 Å². The van der Waals surface area contributed by atoms with Crippen molar-refractivity contribution in [1.82, 2.24) is 5.32 Å². The van der Waals surface area contributed by atoms with Crippen LogP contribution >= 0.6 is 0 Å². The molecule has 9 heteroatoms. The zero-order valence-corrected chi connectivity index (χ0v) is 10.6. The lowest BCUT2D eigenvalue weighted by Gasteiger charge is -2.07. The second-order valence-electron chi connectivity index (χ2n) is 4.11. The fraction of sp³-hybridized carbons (Fsp3) is 0.167. The maximum atomic E-state index is 12.4. The molecule has 108 valence electrons. The Hall–Kier alpha value is -2.80. The predicted octanol–water partition coefficient (Wildman–Crippen LogP) is 1.89. The molecule has 0 saturated carbocycles. The number of carbonyl (C=O) groups is 1. The third kappa shape index (κ3) is 3.03. The second kappa shape index (κ2) is 5.29. The summed E-state index contributed by atoms with van der Waals surface area (Å²) in [5.41, 5.74) is 8.22. The molecule has 0 aliphatic carbocycles. The minimum absolute atomic E-state index is 0.00439. The van der Waals surface area contributed by atoms with Crippen molar-refractivity contribution < 1.29 is 22.8 Å². The summed E-state index contributed by atoms with van der Waals surface area (Å²) in [4.78, 5) is 14.8. The quantitative estimate of drug-likeness (QED) is 0.622. The van der Waals surface area contributed by atoms with Gasteiger partial charge in [-0.2, -0.15) is 18.0 Å². The van der Waals surface area contributed by atoms with Crippen LogP contribution in [-0.2, 0) is 6.18 Å². The van der Waals surface area contributed by atoms with Gasteiger partial charge in [0.15, 0.2) is 5.71 Å². The van der Waals surface area contributed by atoms with Crippen LogP contribution in [0, 0.1) is 0 Å². The number of benzene rings is 1. The van der Waals surface area contributed by atoms with Crippen LogP contribution in [0.15, 0.2) is 34.5 Å². The summed E-state index contributed by atoms with van der Waals surface area (Å²) in [6, 6.07) is 3.68. The van der Waals surface area contributed by atoms with Crippen molar-refractivity contribution in [1.29, 1.82) is 0 Å². The Morgan fingerprint density at radius 1 is 1.24 bits per heavy atom. The Balaban J connectivity index is 2.14. The first kappa shape index (κ1) is 14.6. The van der Waals surface area contributed by atoms with E-state index in [0.717, 1.165) is 24.3 Å². The first-order chi connectivity index (χ1) is 9.82. The van der Waals surface area contributed by atoms with Gasteiger partial charge in [-0.1, -0.05) is 0 Å². The number of nitrogens with one attached hydrogen (secondary N) is 1. The molecule has 1 aromatic rings. The number of carbonyl (C=O) groups excluding carboxylic acids is 1. The van der Waals surface area contributed by atoms with E-state index in [0.29, 0.717) is 5.71 Å². The number of hydrogen-bond donors (Lipinski definition) is 1. The number of amidine groups is 1. The number of hydrogen-bond acceptors (Lipinski definition) is 3. The van der Waals surface area contributed by atoms with Crippen molar-refractivity contribution in [3.05, 3.63) is 40.9 Å². The highest BCUT2D eigenvalue weighted by Gasteiger charge is 2.31. The number of rotatable bonds is 1. The van der Waals surface area contributed by atoms with Gasteiger partial charge in [0.2, 0.25) is 5.84 Å². The van der Waals surface area contributed by atoms with Crippen LogP contribution in [0.4, 0.5) is 13.2 Å². The van der Waals surface area contributed by atoms with Gasteiger partial charge in [-0.05, 0) is 31.2 Å². The zero-order chi connectivity index (χ0) is 15.6. The molecule has 1 aromatic carbocycles. The molecule has 1 amide bonds. The molecule has 1 aliphatic rings. The highest BCUT2D eigenvalue weighted by atomic mass is 19.4. The van der Waals surface area contributed by atoms with E-state index >= 15 is 0 Å². The number of nitrogens with zero attached hydrogens (tertiary/aromatic N) is 4. The Bertz CT molecular complexity index is 697. The summed E-state index contributed by atoms with van der Waals surface area (Å²) in [5.74, 6) is -0.756. The van der Waals surface area contributed by atoms with Gasteiger partial charge in [0.05, 0.1) is 5.56 Å². The maximum absolute atomic E-state index is 12.4. The Labute approximate surface area is 116 Å². The van der Waals surface area contributed by atoms with E-state index in [1.807, 2.05) is 0 Å². The molecule has 0 aromatic heterocycles. The third-order valence-electron chi connectivity index (χ3n) is 2.67. The van der Waals surface area contributed by atoms with Gasteiger partial charge in [-0.25, -0.2) is 0 Å². The van der Waals surface area contributed by atoms with Gasteiger partial charge < -0.3 is 5.53 Å². The lowest BCUT2D eigenvalue weighted by Crippen LogP contribution is -2.37. The van der Waals surface area contributed by atoms with Crippen molar-refractivity contribution in [2.45, 2.75) is 13.1 Å². The summed E-state index contributed by atoms with van der Waals surface area (Å²) in [5, 5.41) is 9.52. The Morgan fingerprint density at radius 2 is 1.86 bits per heavy atom. The SMILES string of the molecule is CC1=NN=C(NC(=O)c2ccc(C(F)(F)F)cc2)C1=[N+]=[N-]. The van der Waals surface area contributed by atoms with Gasteiger partial charge in [-0.15, -0.1) is 10.2 Å². The van der Waals surface area contributed by atoms with Crippen LogP contribution in [-0.4, -0.2) is 28.0 Å². The molecule has 0 unspecified atom stereocenters. The second-order valence-corrected chi connectivity index (χ2v) is 4.11. The van der Waals surface area contributed by atoms with Crippen molar-refractivity contribution in [3.63, 3.8) is 0 Å². The molecule has 0 fully saturated rings. The summed E-state index contributed by atoms with van der Waals surface area (Å²) >= 11 is 0. The Kier molecular flexibility index (Phi) is 3.68. The zero-order valence-electron chi connectivity index (χ0n) is 10.6. The van der Waals surface area contributed by atoms with Crippen LogP contribution in [0.1, 0.15) is 22.8 Å². The average molecular weight is 295 g/mol. The van der Waals surface area contributed by atoms with Gasteiger partial charge >= 0.3 is 11.9 Å². The Morgan fingerprint density at radius 3 is 2.38 bits per heavy atom. The first-order valence-electron chi connectivity index (χ1n) is 5.66. The van der Waals surface area contributed by atoms with Gasteiger partial charge in [0.25, 0.3) is 5.91 Å². The molecule has 2 rings (SSSR count). The number of amides is 1. The van der Waals surface area contributed by atoms with E-state index in [1.54, 1.807) is 0 Å². The molecule has 21 heavy (non-hydrogen) atoms.